The predicted octanol–water partition coefficient (Wildman–Crippen LogP) is 2.34. The number of amides is 1. The number of aromatic nitrogens is 2. The van der Waals surface area contributed by atoms with Gasteiger partial charge in [-0.25, -0.2) is 13.1 Å². The van der Waals surface area contributed by atoms with Crippen LogP contribution in [-0.4, -0.2) is 66.6 Å². The standard InChI is InChI=1S/C22H24N4O4S/c1-17-11-12-23-26(17)19-5-3-18(4-6-19)22(27)24-13-15-25(16-14-24)31(28,29)21-9-7-20(30-2)8-10-21/h3-12H,13-16H2,1-2H3. The van der Waals surface area contributed by atoms with Gasteiger partial charge in [-0.2, -0.15) is 9.40 Å². The lowest BCUT2D eigenvalue weighted by Crippen LogP contribution is -2.50. The van der Waals surface area contributed by atoms with Gasteiger partial charge in [-0.1, -0.05) is 0 Å². The second-order valence-corrected chi connectivity index (χ2v) is 9.24. The van der Waals surface area contributed by atoms with Gasteiger partial charge in [0.15, 0.2) is 0 Å². The topological polar surface area (TPSA) is 84.7 Å². The van der Waals surface area contributed by atoms with Crippen molar-refractivity contribution in [2.45, 2.75) is 11.8 Å². The van der Waals surface area contributed by atoms with Crippen molar-refractivity contribution in [3.05, 3.63) is 72.1 Å². The van der Waals surface area contributed by atoms with Crippen molar-refractivity contribution in [1.82, 2.24) is 19.0 Å². The minimum Gasteiger partial charge on any atom is -0.497 e. The maximum atomic E-state index is 12.9. The van der Waals surface area contributed by atoms with Gasteiger partial charge in [-0.05, 0) is 61.5 Å². The molecule has 1 aliphatic heterocycles. The Kier molecular flexibility index (Phi) is 5.79. The first-order valence-corrected chi connectivity index (χ1v) is 11.4. The maximum Gasteiger partial charge on any atom is 0.253 e. The first-order chi connectivity index (χ1) is 14.9. The second-order valence-electron chi connectivity index (χ2n) is 7.30. The van der Waals surface area contributed by atoms with Crippen LogP contribution in [0.4, 0.5) is 0 Å². The average Bonchev–Trinajstić information content (AvgIpc) is 3.24. The Morgan fingerprint density at radius 1 is 0.935 bits per heavy atom. The largest absolute Gasteiger partial charge is 0.497 e. The van der Waals surface area contributed by atoms with Gasteiger partial charge in [0.05, 0.1) is 17.7 Å². The molecular weight excluding hydrogens is 416 g/mol. The number of methoxy groups -OCH3 is 1. The van der Waals surface area contributed by atoms with Gasteiger partial charge < -0.3 is 9.64 Å². The third-order valence-corrected chi connectivity index (χ3v) is 7.33. The summed E-state index contributed by atoms with van der Waals surface area (Å²) >= 11 is 0. The fourth-order valence-corrected chi connectivity index (χ4v) is 5.02. The van der Waals surface area contributed by atoms with Crippen molar-refractivity contribution in [3.8, 4) is 11.4 Å². The number of ether oxygens (including phenoxy) is 1. The van der Waals surface area contributed by atoms with E-state index in [1.807, 2.05) is 25.1 Å². The third kappa shape index (κ3) is 4.19. The lowest BCUT2D eigenvalue weighted by molar-refractivity contribution is 0.0698. The summed E-state index contributed by atoms with van der Waals surface area (Å²) in [5.74, 6) is 0.494. The molecule has 8 nitrogen and oxygen atoms in total. The zero-order chi connectivity index (χ0) is 22.0. The average molecular weight is 441 g/mol. The van der Waals surface area contributed by atoms with Gasteiger partial charge in [0.1, 0.15) is 5.75 Å². The lowest BCUT2D eigenvalue weighted by Gasteiger charge is -2.34. The van der Waals surface area contributed by atoms with Crippen LogP contribution in [0.25, 0.3) is 5.69 Å². The lowest BCUT2D eigenvalue weighted by atomic mass is 10.1. The van der Waals surface area contributed by atoms with Gasteiger partial charge in [-0.15, -0.1) is 0 Å². The van der Waals surface area contributed by atoms with E-state index in [1.165, 1.54) is 23.5 Å². The second kappa shape index (κ2) is 8.52. The third-order valence-electron chi connectivity index (χ3n) is 5.41. The summed E-state index contributed by atoms with van der Waals surface area (Å²) in [6.07, 6.45) is 1.73. The Bertz CT molecular complexity index is 1160. The maximum absolute atomic E-state index is 12.9. The van der Waals surface area contributed by atoms with Crippen LogP contribution in [0, 0.1) is 6.92 Å². The molecule has 0 spiro atoms. The van der Waals surface area contributed by atoms with Gasteiger partial charge in [0, 0.05) is 43.6 Å². The molecule has 2 heterocycles. The fraction of sp³-hybridized carbons (Fsp3) is 0.273. The molecule has 162 valence electrons. The summed E-state index contributed by atoms with van der Waals surface area (Å²) < 4.78 is 34.1. The van der Waals surface area contributed by atoms with Crippen molar-refractivity contribution in [2.75, 3.05) is 33.3 Å². The Labute approximate surface area is 181 Å². The zero-order valence-corrected chi connectivity index (χ0v) is 18.2. The molecular formula is C22H24N4O4S. The van der Waals surface area contributed by atoms with Gasteiger partial charge >= 0.3 is 0 Å². The highest BCUT2D eigenvalue weighted by Crippen LogP contribution is 2.21. The van der Waals surface area contributed by atoms with Crippen LogP contribution >= 0.6 is 0 Å². The summed E-state index contributed by atoms with van der Waals surface area (Å²) in [5.41, 5.74) is 2.46. The van der Waals surface area contributed by atoms with Crippen LogP contribution in [-0.2, 0) is 10.0 Å². The molecule has 0 radical (unpaired) electrons. The highest BCUT2D eigenvalue weighted by molar-refractivity contribution is 7.89. The van der Waals surface area contributed by atoms with Crippen molar-refractivity contribution >= 4 is 15.9 Å². The van der Waals surface area contributed by atoms with E-state index in [9.17, 15) is 13.2 Å². The molecule has 0 atom stereocenters. The normalized spacial score (nSPS) is 15.1. The first kappa shape index (κ1) is 21.1. The van der Waals surface area contributed by atoms with Crippen molar-refractivity contribution in [2.24, 2.45) is 0 Å². The minimum atomic E-state index is -3.61. The summed E-state index contributed by atoms with van der Waals surface area (Å²) in [7, 11) is -2.07. The summed E-state index contributed by atoms with van der Waals surface area (Å²) in [6, 6.07) is 15.5. The molecule has 0 unspecified atom stereocenters. The van der Waals surface area contributed by atoms with Gasteiger partial charge in [0.25, 0.3) is 5.91 Å². The number of carbonyl (C=O) groups excluding carboxylic acids is 1. The smallest absolute Gasteiger partial charge is 0.253 e. The Hall–Kier alpha value is -3.17. The van der Waals surface area contributed by atoms with Crippen molar-refractivity contribution in [3.63, 3.8) is 0 Å². The summed E-state index contributed by atoms with van der Waals surface area (Å²) in [4.78, 5) is 14.8. The van der Waals surface area contributed by atoms with Gasteiger partial charge in [0.2, 0.25) is 10.0 Å². The first-order valence-electron chi connectivity index (χ1n) is 9.95. The van der Waals surface area contributed by atoms with Crippen LogP contribution in [0.2, 0.25) is 0 Å². The van der Waals surface area contributed by atoms with Crippen LogP contribution < -0.4 is 4.74 Å². The molecule has 1 amide bonds. The van der Waals surface area contributed by atoms with Crippen LogP contribution in [0.5, 0.6) is 5.75 Å². The molecule has 1 aromatic heterocycles. The van der Waals surface area contributed by atoms with E-state index in [-0.39, 0.29) is 23.9 Å². The molecule has 0 N–H and O–H groups in total. The molecule has 0 saturated carbocycles. The Balaban J connectivity index is 1.41. The van der Waals surface area contributed by atoms with Crippen LogP contribution in [0.15, 0.2) is 65.7 Å². The number of sulfonamides is 1. The summed E-state index contributed by atoms with van der Waals surface area (Å²) in [5, 5.41) is 4.27. The zero-order valence-electron chi connectivity index (χ0n) is 17.4. The number of rotatable bonds is 5. The van der Waals surface area contributed by atoms with Gasteiger partial charge in [-0.3, -0.25) is 4.79 Å². The van der Waals surface area contributed by atoms with Crippen LogP contribution in [0.3, 0.4) is 0 Å². The van der Waals surface area contributed by atoms with E-state index < -0.39 is 10.0 Å². The molecule has 0 aliphatic carbocycles. The monoisotopic (exact) mass is 440 g/mol. The molecule has 2 aromatic carbocycles. The Morgan fingerprint density at radius 2 is 1.58 bits per heavy atom. The van der Waals surface area contributed by atoms with Crippen LogP contribution in [0.1, 0.15) is 16.1 Å². The van der Waals surface area contributed by atoms with E-state index >= 15 is 0 Å². The fourth-order valence-electron chi connectivity index (χ4n) is 3.60. The van der Waals surface area contributed by atoms with E-state index in [4.69, 9.17) is 4.74 Å². The highest BCUT2D eigenvalue weighted by atomic mass is 32.2. The number of piperazine rings is 1. The Morgan fingerprint density at radius 3 is 2.13 bits per heavy atom. The minimum absolute atomic E-state index is 0.106. The molecule has 1 aliphatic rings. The van der Waals surface area contributed by atoms with E-state index in [1.54, 1.807) is 40.0 Å². The number of hydrogen-bond acceptors (Lipinski definition) is 5. The molecule has 3 aromatic rings. The number of benzene rings is 2. The van der Waals surface area contributed by atoms with E-state index in [0.29, 0.717) is 24.4 Å². The number of hydrogen-bond donors (Lipinski definition) is 0. The molecule has 1 fully saturated rings. The predicted molar refractivity (Wildman–Crippen MR) is 116 cm³/mol. The summed E-state index contributed by atoms with van der Waals surface area (Å²) in [6.45, 7) is 3.16. The van der Waals surface area contributed by atoms with E-state index in [0.717, 1.165) is 11.4 Å². The molecule has 4 rings (SSSR count). The van der Waals surface area contributed by atoms with Crippen molar-refractivity contribution < 1.29 is 17.9 Å². The molecule has 0 bridgehead atoms. The number of carbonyl (C=O) groups is 1. The van der Waals surface area contributed by atoms with E-state index in [2.05, 4.69) is 5.10 Å². The molecule has 9 heteroatoms. The van der Waals surface area contributed by atoms with Crippen molar-refractivity contribution in [1.29, 1.82) is 0 Å². The molecule has 31 heavy (non-hydrogen) atoms. The number of aryl methyl sites for hydroxylation is 1. The quantitative estimate of drug-likeness (QED) is 0.608. The molecule has 1 saturated heterocycles. The highest BCUT2D eigenvalue weighted by Gasteiger charge is 2.30. The number of nitrogens with zero attached hydrogens (tertiary/aromatic N) is 4. The SMILES string of the molecule is COc1ccc(S(=O)(=O)N2CCN(C(=O)c3ccc(-n4nccc4C)cc3)CC2)cc1.